The van der Waals surface area contributed by atoms with Crippen LogP contribution in [-0.2, 0) is 0 Å². The third kappa shape index (κ3) is 3.11. The second-order valence-corrected chi connectivity index (χ2v) is 4.87. The number of nitrogens with zero attached hydrogens (tertiary/aromatic N) is 2. The van der Waals surface area contributed by atoms with Gasteiger partial charge in [-0.25, -0.2) is 4.98 Å². The van der Waals surface area contributed by atoms with E-state index in [2.05, 4.69) is 26.2 Å². The molecule has 1 heterocycles. The molecular weight excluding hydrogens is 330 g/mol. The number of nitrogens with one attached hydrogen (secondary N) is 1. The summed E-state index contributed by atoms with van der Waals surface area (Å²) >= 11 is 9.10. The average Bonchev–Trinajstić information content (AvgIpc) is 2.41. The molecule has 1 N–H and O–H groups in total. The van der Waals surface area contributed by atoms with E-state index in [0.717, 1.165) is 4.47 Å². The lowest BCUT2D eigenvalue weighted by atomic mass is 10.2. The van der Waals surface area contributed by atoms with Gasteiger partial charge in [0.1, 0.15) is 11.2 Å². The molecule has 0 radical (unpaired) electrons. The number of aromatic nitrogens is 1. The van der Waals surface area contributed by atoms with Crippen molar-refractivity contribution >= 4 is 39.1 Å². The zero-order valence-corrected chi connectivity index (χ0v) is 11.9. The summed E-state index contributed by atoms with van der Waals surface area (Å²) in [6.45, 7) is 0. The molecule has 94 valence electrons. The Balaban J connectivity index is 2.30. The Bertz CT molecular complexity index is 682. The van der Waals surface area contributed by atoms with Crippen LogP contribution in [0.5, 0.6) is 0 Å². The van der Waals surface area contributed by atoms with Gasteiger partial charge in [-0.1, -0.05) is 27.5 Å². The molecular formula is C13H7BrClN3O. The van der Waals surface area contributed by atoms with E-state index in [-0.39, 0.29) is 10.7 Å². The van der Waals surface area contributed by atoms with E-state index in [1.54, 1.807) is 30.3 Å². The van der Waals surface area contributed by atoms with Crippen LogP contribution in [-0.4, -0.2) is 10.9 Å². The fourth-order valence-electron chi connectivity index (χ4n) is 1.46. The first-order valence-electron chi connectivity index (χ1n) is 5.23. The van der Waals surface area contributed by atoms with Crippen LogP contribution in [0, 0.1) is 11.3 Å². The molecule has 0 unspecified atom stereocenters. The molecule has 0 bridgehead atoms. The highest BCUT2D eigenvalue weighted by Gasteiger charge is 2.12. The minimum atomic E-state index is -0.406. The van der Waals surface area contributed by atoms with Gasteiger partial charge in [0.15, 0.2) is 0 Å². The van der Waals surface area contributed by atoms with Gasteiger partial charge in [-0.05, 0) is 30.3 Å². The second-order valence-electron chi connectivity index (χ2n) is 3.60. The van der Waals surface area contributed by atoms with Crippen LogP contribution in [0.4, 0.5) is 5.69 Å². The molecule has 0 spiro atoms. The van der Waals surface area contributed by atoms with E-state index in [9.17, 15) is 4.79 Å². The van der Waals surface area contributed by atoms with Crippen LogP contribution in [0.15, 0.2) is 41.0 Å². The maximum absolute atomic E-state index is 12.0. The monoisotopic (exact) mass is 335 g/mol. The molecule has 6 heteroatoms. The lowest BCUT2D eigenvalue weighted by Crippen LogP contribution is -2.13. The molecule has 1 amide bonds. The predicted octanol–water partition coefficient (Wildman–Crippen LogP) is 3.62. The van der Waals surface area contributed by atoms with Crippen LogP contribution >= 0.6 is 27.5 Å². The summed E-state index contributed by atoms with van der Waals surface area (Å²) in [4.78, 5) is 15.9. The molecule has 0 aliphatic heterocycles. The number of amides is 1. The van der Waals surface area contributed by atoms with Gasteiger partial charge in [-0.15, -0.1) is 0 Å². The van der Waals surface area contributed by atoms with Crippen molar-refractivity contribution in [3.63, 3.8) is 0 Å². The topological polar surface area (TPSA) is 65.8 Å². The van der Waals surface area contributed by atoms with Crippen molar-refractivity contribution in [2.75, 3.05) is 5.32 Å². The Hall–Kier alpha value is -1.90. The minimum absolute atomic E-state index is 0.121. The smallest absolute Gasteiger partial charge is 0.258 e. The number of pyridine rings is 1. The van der Waals surface area contributed by atoms with Crippen LogP contribution in [0.25, 0.3) is 0 Å². The SMILES string of the molecule is N#Cc1cc(Br)ccc1NC(=O)c1cccnc1Cl. The van der Waals surface area contributed by atoms with Gasteiger partial charge in [0, 0.05) is 10.7 Å². The van der Waals surface area contributed by atoms with Crippen molar-refractivity contribution in [3.05, 3.63) is 57.3 Å². The number of hydrogen-bond donors (Lipinski definition) is 1. The van der Waals surface area contributed by atoms with Gasteiger partial charge in [-0.2, -0.15) is 5.26 Å². The number of nitriles is 1. The maximum atomic E-state index is 12.0. The predicted molar refractivity (Wildman–Crippen MR) is 76.1 cm³/mol. The molecule has 0 atom stereocenters. The first-order valence-corrected chi connectivity index (χ1v) is 6.40. The van der Waals surface area contributed by atoms with Gasteiger partial charge >= 0.3 is 0 Å². The third-order valence-electron chi connectivity index (χ3n) is 2.35. The number of benzene rings is 1. The van der Waals surface area contributed by atoms with E-state index in [1.807, 2.05) is 6.07 Å². The summed E-state index contributed by atoms with van der Waals surface area (Å²) in [6.07, 6.45) is 1.50. The largest absolute Gasteiger partial charge is 0.321 e. The average molecular weight is 337 g/mol. The Morgan fingerprint density at radius 2 is 2.21 bits per heavy atom. The van der Waals surface area contributed by atoms with Crippen molar-refractivity contribution in [2.24, 2.45) is 0 Å². The molecule has 0 aliphatic carbocycles. The summed E-state index contributed by atoms with van der Waals surface area (Å²) < 4.78 is 0.765. The molecule has 1 aromatic carbocycles. The van der Waals surface area contributed by atoms with Gasteiger partial charge in [0.2, 0.25) is 0 Å². The first kappa shape index (κ1) is 13.5. The van der Waals surface area contributed by atoms with Crippen molar-refractivity contribution in [1.29, 1.82) is 5.26 Å². The first-order chi connectivity index (χ1) is 9.11. The highest BCUT2D eigenvalue weighted by Crippen LogP contribution is 2.21. The summed E-state index contributed by atoms with van der Waals surface area (Å²) in [5, 5.41) is 11.8. The quantitative estimate of drug-likeness (QED) is 0.852. The normalized spacial score (nSPS) is 9.74. The van der Waals surface area contributed by atoms with Gasteiger partial charge in [0.25, 0.3) is 5.91 Å². The van der Waals surface area contributed by atoms with Gasteiger partial charge < -0.3 is 5.32 Å². The van der Waals surface area contributed by atoms with Crippen LogP contribution in [0.2, 0.25) is 5.15 Å². The Kier molecular flexibility index (Phi) is 4.15. The summed E-state index contributed by atoms with van der Waals surface area (Å²) in [6, 6.07) is 10.2. The standard InChI is InChI=1S/C13H7BrClN3O/c14-9-3-4-11(8(6-9)7-16)18-13(19)10-2-1-5-17-12(10)15/h1-6H,(H,18,19). The van der Waals surface area contributed by atoms with Gasteiger partial charge in [0.05, 0.1) is 16.8 Å². The Morgan fingerprint density at radius 1 is 1.42 bits per heavy atom. The Morgan fingerprint density at radius 3 is 2.89 bits per heavy atom. The van der Waals surface area contributed by atoms with E-state index in [0.29, 0.717) is 11.3 Å². The van der Waals surface area contributed by atoms with Crippen LogP contribution < -0.4 is 5.32 Å². The minimum Gasteiger partial charge on any atom is -0.321 e. The van der Waals surface area contributed by atoms with Crippen LogP contribution in [0.1, 0.15) is 15.9 Å². The highest BCUT2D eigenvalue weighted by molar-refractivity contribution is 9.10. The molecule has 2 aromatic rings. The van der Waals surface area contributed by atoms with Crippen molar-refractivity contribution in [1.82, 2.24) is 4.98 Å². The molecule has 0 fully saturated rings. The third-order valence-corrected chi connectivity index (χ3v) is 3.15. The second kappa shape index (κ2) is 5.83. The molecule has 4 nitrogen and oxygen atoms in total. The fourth-order valence-corrected chi connectivity index (χ4v) is 2.03. The molecule has 2 rings (SSSR count). The molecule has 1 aromatic heterocycles. The van der Waals surface area contributed by atoms with Crippen molar-refractivity contribution in [3.8, 4) is 6.07 Å². The lowest BCUT2D eigenvalue weighted by Gasteiger charge is -2.08. The number of carbonyl (C=O) groups is 1. The van der Waals surface area contributed by atoms with Gasteiger partial charge in [-0.3, -0.25) is 4.79 Å². The Labute approximate surface area is 123 Å². The zero-order valence-electron chi connectivity index (χ0n) is 9.52. The number of halogens is 2. The zero-order chi connectivity index (χ0) is 13.8. The number of hydrogen-bond acceptors (Lipinski definition) is 3. The summed E-state index contributed by atoms with van der Waals surface area (Å²) in [7, 11) is 0. The number of rotatable bonds is 2. The van der Waals surface area contributed by atoms with Crippen LogP contribution in [0.3, 0.4) is 0 Å². The highest BCUT2D eigenvalue weighted by atomic mass is 79.9. The molecule has 0 saturated heterocycles. The summed E-state index contributed by atoms with van der Waals surface area (Å²) in [5.74, 6) is -0.406. The lowest BCUT2D eigenvalue weighted by molar-refractivity contribution is 0.102. The van der Waals surface area contributed by atoms with Crippen molar-refractivity contribution < 1.29 is 4.79 Å². The molecule has 0 saturated carbocycles. The molecule has 0 aliphatic rings. The number of anilines is 1. The van der Waals surface area contributed by atoms with Crippen molar-refractivity contribution in [2.45, 2.75) is 0 Å². The summed E-state index contributed by atoms with van der Waals surface area (Å²) in [5.41, 5.74) is 1.05. The number of carbonyl (C=O) groups excluding carboxylic acids is 1. The van der Waals surface area contributed by atoms with E-state index < -0.39 is 5.91 Å². The van der Waals surface area contributed by atoms with E-state index >= 15 is 0 Å². The van der Waals surface area contributed by atoms with E-state index in [4.69, 9.17) is 16.9 Å². The fraction of sp³-hybridized carbons (Fsp3) is 0. The maximum Gasteiger partial charge on any atom is 0.258 e. The molecule has 19 heavy (non-hydrogen) atoms. The van der Waals surface area contributed by atoms with E-state index in [1.165, 1.54) is 6.20 Å².